The summed E-state index contributed by atoms with van der Waals surface area (Å²) in [6.07, 6.45) is 0.338. The van der Waals surface area contributed by atoms with Gasteiger partial charge in [-0.3, -0.25) is 14.9 Å². The van der Waals surface area contributed by atoms with Crippen LogP contribution in [0.15, 0.2) is 22.7 Å². The van der Waals surface area contributed by atoms with Crippen molar-refractivity contribution in [2.45, 2.75) is 18.2 Å². The maximum atomic E-state index is 10.9. The van der Waals surface area contributed by atoms with Crippen LogP contribution in [0.25, 0.3) is 0 Å². The van der Waals surface area contributed by atoms with Crippen LogP contribution in [0.5, 0.6) is 0 Å². The van der Waals surface area contributed by atoms with Crippen molar-refractivity contribution in [3.63, 3.8) is 0 Å². The summed E-state index contributed by atoms with van der Waals surface area (Å²) in [5.74, 6) is -0.0356. The Hall–Kier alpha value is -1.12. The van der Waals surface area contributed by atoms with Crippen LogP contribution in [-0.4, -0.2) is 27.8 Å². The number of hydrogen-bond donors (Lipinski definition) is 2. The van der Waals surface area contributed by atoms with E-state index in [0.29, 0.717) is 28.0 Å². The Morgan fingerprint density at radius 3 is 2.84 bits per heavy atom. The van der Waals surface area contributed by atoms with Gasteiger partial charge < -0.3 is 10.8 Å². The third-order valence-corrected chi connectivity index (χ3v) is 3.92. The number of nitro groups is 1. The van der Waals surface area contributed by atoms with Gasteiger partial charge in [0.2, 0.25) is 0 Å². The maximum Gasteiger partial charge on any atom is 0.320 e. The van der Waals surface area contributed by atoms with Gasteiger partial charge in [-0.2, -0.15) is 11.8 Å². The van der Waals surface area contributed by atoms with E-state index in [4.69, 9.17) is 10.8 Å². The Labute approximate surface area is 122 Å². The average molecular weight is 349 g/mol. The van der Waals surface area contributed by atoms with Crippen molar-refractivity contribution in [3.8, 4) is 0 Å². The van der Waals surface area contributed by atoms with Gasteiger partial charge in [-0.15, -0.1) is 0 Å². The first-order valence-corrected chi connectivity index (χ1v) is 7.35. The molecule has 19 heavy (non-hydrogen) atoms. The Balaban J connectivity index is 2.54. The molecule has 0 spiro atoms. The van der Waals surface area contributed by atoms with Crippen molar-refractivity contribution in [1.82, 2.24) is 0 Å². The first kappa shape index (κ1) is 15.9. The van der Waals surface area contributed by atoms with Gasteiger partial charge in [0.05, 0.1) is 4.92 Å². The number of halogens is 1. The maximum absolute atomic E-state index is 10.9. The highest BCUT2D eigenvalue weighted by Gasteiger charge is 2.15. The molecule has 0 saturated carbocycles. The molecule has 0 aliphatic carbocycles. The highest BCUT2D eigenvalue weighted by Crippen LogP contribution is 2.27. The quantitative estimate of drug-likeness (QED) is 0.445. The number of hydrogen-bond acceptors (Lipinski definition) is 5. The molecule has 104 valence electrons. The number of nitrogens with zero attached hydrogens (tertiary/aromatic N) is 1. The molecule has 0 aromatic heterocycles. The van der Waals surface area contributed by atoms with Crippen LogP contribution in [0.4, 0.5) is 5.69 Å². The zero-order chi connectivity index (χ0) is 14.4. The molecule has 1 aromatic carbocycles. The smallest absolute Gasteiger partial charge is 0.320 e. The molecule has 0 fully saturated rings. The standard InChI is InChI=1S/C11H13BrN2O4S/c12-8-2-1-7(10(5-8)14(17)18)6-19-4-3-9(13)11(15)16/h1-2,5,9H,3-4,6,13H2,(H,15,16). The second kappa shape index (κ2) is 7.46. The molecule has 6 nitrogen and oxygen atoms in total. The third-order valence-electron chi connectivity index (χ3n) is 2.39. The zero-order valence-electron chi connectivity index (χ0n) is 9.91. The van der Waals surface area contributed by atoms with Gasteiger partial charge in [-0.1, -0.05) is 22.0 Å². The minimum absolute atomic E-state index is 0.0596. The summed E-state index contributed by atoms with van der Waals surface area (Å²) in [5.41, 5.74) is 6.04. The number of nitrogens with two attached hydrogens (primary N) is 1. The number of aliphatic carboxylic acids is 1. The molecule has 0 aliphatic rings. The van der Waals surface area contributed by atoms with Gasteiger partial charge in [0.25, 0.3) is 5.69 Å². The number of rotatable bonds is 7. The van der Waals surface area contributed by atoms with Crippen molar-refractivity contribution in [2.75, 3.05) is 5.75 Å². The molecule has 3 N–H and O–H groups in total. The lowest BCUT2D eigenvalue weighted by Crippen LogP contribution is -2.30. The van der Waals surface area contributed by atoms with Crippen molar-refractivity contribution < 1.29 is 14.8 Å². The lowest BCUT2D eigenvalue weighted by Gasteiger charge is -2.06. The molecule has 0 amide bonds. The predicted molar refractivity (Wildman–Crippen MR) is 77.2 cm³/mol. The SMILES string of the molecule is NC(CCSCc1ccc(Br)cc1[N+](=O)[O-])C(=O)O. The molecule has 0 aliphatic heterocycles. The minimum atomic E-state index is -1.03. The van der Waals surface area contributed by atoms with Gasteiger partial charge in [-0.25, -0.2) is 0 Å². The molecule has 0 radical (unpaired) electrons. The molecule has 0 bridgehead atoms. The van der Waals surface area contributed by atoms with E-state index in [0.717, 1.165) is 0 Å². The molecule has 0 heterocycles. The first-order chi connectivity index (χ1) is 8.91. The second-order valence-electron chi connectivity index (χ2n) is 3.82. The summed E-state index contributed by atoms with van der Waals surface area (Å²) in [5, 5.41) is 19.5. The Morgan fingerprint density at radius 2 is 2.26 bits per heavy atom. The van der Waals surface area contributed by atoms with E-state index >= 15 is 0 Å². The fraction of sp³-hybridized carbons (Fsp3) is 0.364. The monoisotopic (exact) mass is 348 g/mol. The summed E-state index contributed by atoms with van der Waals surface area (Å²) in [6.45, 7) is 0. The van der Waals surface area contributed by atoms with Crippen LogP contribution >= 0.6 is 27.7 Å². The van der Waals surface area contributed by atoms with Crippen LogP contribution in [0, 0.1) is 10.1 Å². The van der Waals surface area contributed by atoms with Gasteiger partial charge in [0.15, 0.2) is 0 Å². The van der Waals surface area contributed by atoms with Gasteiger partial charge in [-0.05, 0) is 18.2 Å². The van der Waals surface area contributed by atoms with Gasteiger partial charge in [0.1, 0.15) is 6.04 Å². The van der Waals surface area contributed by atoms with Crippen LogP contribution in [-0.2, 0) is 10.5 Å². The molecule has 1 atom stereocenters. The zero-order valence-corrected chi connectivity index (χ0v) is 12.3. The van der Waals surface area contributed by atoms with E-state index in [9.17, 15) is 14.9 Å². The molecule has 0 saturated heterocycles. The molecule has 1 rings (SSSR count). The van der Waals surface area contributed by atoms with Crippen LogP contribution in [0.3, 0.4) is 0 Å². The highest BCUT2D eigenvalue weighted by molar-refractivity contribution is 9.10. The van der Waals surface area contributed by atoms with E-state index in [2.05, 4.69) is 15.9 Å². The predicted octanol–water partition coefficient (Wildman–Crippen LogP) is 2.39. The van der Waals surface area contributed by atoms with Crippen LogP contribution in [0.2, 0.25) is 0 Å². The van der Waals surface area contributed by atoms with Crippen LogP contribution < -0.4 is 5.73 Å². The largest absolute Gasteiger partial charge is 0.480 e. The second-order valence-corrected chi connectivity index (χ2v) is 5.84. The van der Waals surface area contributed by atoms with Crippen molar-refractivity contribution in [1.29, 1.82) is 0 Å². The number of nitro benzene ring substituents is 1. The Bertz CT molecular complexity index is 484. The first-order valence-electron chi connectivity index (χ1n) is 5.40. The van der Waals surface area contributed by atoms with E-state index < -0.39 is 16.9 Å². The molecular weight excluding hydrogens is 336 g/mol. The minimum Gasteiger partial charge on any atom is -0.480 e. The van der Waals surface area contributed by atoms with Crippen molar-refractivity contribution in [2.24, 2.45) is 5.73 Å². The molecule has 1 aromatic rings. The summed E-state index contributed by atoms with van der Waals surface area (Å²) in [4.78, 5) is 21.0. The highest BCUT2D eigenvalue weighted by atomic mass is 79.9. The number of carboxylic acids is 1. The van der Waals surface area contributed by atoms with Crippen molar-refractivity contribution >= 4 is 39.3 Å². The fourth-order valence-electron chi connectivity index (χ4n) is 1.34. The average Bonchev–Trinajstić information content (AvgIpc) is 2.35. The number of carboxylic acid groups (broad SMARTS) is 1. The summed E-state index contributed by atoms with van der Waals surface area (Å²) in [7, 11) is 0. The van der Waals surface area contributed by atoms with Gasteiger partial charge >= 0.3 is 5.97 Å². The molecular formula is C11H13BrN2O4S. The molecule has 1 unspecified atom stereocenters. The van der Waals surface area contributed by atoms with E-state index in [1.165, 1.54) is 17.8 Å². The molecule has 8 heteroatoms. The Kier molecular flexibility index (Phi) is 6.26. The lowest BCUT2D eigenvalue weighted by atomic mass is 10.2. The van der Waals surface area contributed by atoms with Crippen molar-refractivity contribution in [3.05, 3.63) is 38.3 Å². The number of thioether (sulfide) groups is 1. The van der Waals surface area contributed by atoms with Crippen LogP contribution in [0.1, 0.15) is 12.0 Å². The normalized spacial score (nSPS) is 12.1. The summed E-state index contributed by atoms with van der Waals surface area (Å²) < 4.78 is 0.654. The Morgan fingerprint density at radius 1 is 1.58 bits per heavy atom. The summed E-state index contributed by atoms with van der Waals surface area (Å²) in [6, 6.07) is 4.00. The third kappa shape index (κ3) is 5.17. The van der Waals surface area contributed by atoms with E-state index in [1.54, 1.807) is 12.1 Å². The topological polar surface area (TPSA) is 106 Å². The summed E-state index contributed by atoms with van der Waals surface area (Å²) >= 11 is 4.61. The van der Waals surface area contributed by atoms with E-state index in [1.807, 2.05) is 0 Å². The number of carbonyl (C=O) groups is 1. The number of benzene rings is 1. The fourth-order valence-corrected chi connectivity index (χ4v) is 2.72. The van der Waals surface area contributed by atoms with Gasteiger partial charge in [0, 0.05) is 21.9 Å². The van der Waals surface area contributed by atoms with E-state index in [-0.39, 0.29) is 5.69 Å². The lowest BCUT2D eigenvalue weighted by molar-refractivity contribution is -0.385.